The quantitative estimate of drug-likeness (QED) is 0.751. The van der Waals surface area contributed by atoms with Gasteiger partial charge in [0.05, 0.1) is 12.4 Å². The van der Waals surface area contributed by atoms with Crippen molar-refractivity contribution < 1.29 is 13.2 Å². The molecule has 0 saturated carbocycles. The third kappa shape index (κ3) is 4.95. The maximum atomic E-state index is 11.1. The molecule has 1 N–H and O–H groups in total. The molecule has 0 aromatic heterocycles. The van der Waals surface area contributed by atoms with Crippen LogP contribution in [0.1, 0.15) is 19.8 Å². The van der Waals surface area contributed by atoms with Gasteiger partial charge in [-0.2, -0.15) is 0 Å². The van der Waals surface area contributed by atoms with Crippen molar-refractivity contribution in [1.82, 2.24) is 5.32 Å². The second kappa shape index (κ2) is 5.82. The third-order valence-electron chi connectivity index (χ3n) is 2.80. The van der Waals surface area contributed by atoms with Crippen molar-refractivity contribution in [1.29, 1.82) is 0 Å². The van der Waals surface area contributed by atoms with Crippen LogP contribution in [-0.4, -0.2) is 46.2 Å². The van der Waals surface area contributed by atoms with Crippen LogP contribution in [0.15, 0.2) is 0 Å². The monoisotopic (exact) mass is 235 g/mol. The molecular weight excluding hydrogens is 214 g/mol. The molecule has 1 aliphatic heterocycles. The fraction of sp³-hybridized carbons (Fsp3) is 1.00. The third-order valence-corrected chi connectivity index (χ3v) is 3.78. The summed E-state index contributed by atoms with van der Waals surface area (Å²) in [5.41, 5.74) is 0. The lowest BCUT2D eigenvalue weighted by atomic mass is 9.93. The van der Waals surface area contributed by atoms with Crippen LogP contribution in [0.25, 0.3) is 0 Å². The van der Waals surface area contributed by atoms with E-state index < -0.39 is 9.84 Å². The van der Waals surface area contributed by atoms with Crippen molar-refractivity contribution in [2.24, 2.45) is 5.92 Å². The molecule has 0 aromatic carbocycles. The van der Waals surface area contributed by atoms with Crippen LogP contribution in [0.5, 0.6) is 0 Å². The van der Waals surface area contributed by atoms with Crippen LogP contribution < -0.4 is 5.32 Å². The van der Waals surface area contributed by atoms with Gasteiger partial charge in [-0.05, 0) is 25.3 Å². The zero-order valence-electron chi connectivity index (χ0n) is 9.53. The Morgan fingerprint density at radius 3 is 2.80 bits per heavy atom. The van der Waals surface area contributed by atoms with E-state index in [1.54, 1.807) is 0 Å². The molecule has 0 spiro atoms. The average molecular weight is 235 g/mol. The summed E-state index contributed by atoms with van der Waals surface area (Å²) in [6, 6.07) is 0.422. The SMILES string of the molecule is CCNC1CCOCC1CCS(C)(=O)=O. The van der Waals surface area contributed by atoms with E-state index in [-0.39, 0.29) is 5.75 Å². The van der Waals surface area contributed by atoms with Crippen molar-refractivity contribution >= 4 is 9.84 Å². The van der Waals surface area contributed by atoms with Gasteiger partial charge in [0.1, 0.15) is 9.84 Å². The normalized spacial score (nSPS) is 27.9. The number of nitrogens with one attached hydrogen (secondary N) is 1. The molecule has 0 bridgehead atoms. The predicted molar refractivity (Wildman–Crippen MR) is 60.7 cm³/mol. The number of ether oxygens (including phenoxy) is 1. The maximum Gasteiger partial charge on any atom is 0.147 e. The average Bonchev–Trinajstić information content (AvgIpc) is 2.16. The van der Waals surface area contributed by atoms with E-state index >= 15 is 0 Å². The molecule has 5 heteroatoms. The molecule has 0 aromatic rings. The highest BCUT2D eigenvalue weighted by molar-refractivity contribution is 7.90. The smallest absolute Gasteiger partial charge is 0.147 e. The fourth-order valence-electron chi connectivity index (χ4n) is 1.98. The topological polar surface area (TPSA) is 55.4 Å². The summed E-state index contributed by atoms with van der Waals surface area (Å²) in [7, 11) is -2.85. The predicted octanol–water partition coefficient (Wildman–Crippen LogP) is 0.436. The van der Waals surface area contributed by atoms with Crippen LogP contribution in [0.2, 0.25) is 0 Å². The first kappa shape index (κ1) is 12.9. The summed E-state index contributed by atoms with van der Waals surface area (Å²) in [6.07, 6.45) is 2.98. The highest BCUT2D eigenvalue weighted by Gasteiger charge is 2.25. The molecule has 2 atom stereocenters. The highest BCUT2D eigenvalue weighted by Crippen LogP contribution is 2.18. The zero-order valence-corrected chi connectivity index (χ0v) is 10.3. The van der Waals surface area contributed by atoms with Gasteiger partial charge in [0.25, 0.3) is 0 Å². The molecule has 1 saturated heterocycles. The largest absolute Gasteiger partial charge is 0.381 e. The van der Waals surface area contributed by atoms with E-state index in [0.717, 1.165) is 19.6 Å². The Kier molecular flexibility index (Phi) is 5.02. The van der Waals surface area contributed by atoms with Crippen LogP contribution in [0.4, 0.5) is 0 Å². The summed E-state index contributed by atoms with van der Waals surface area (Å²) in [4.78, 5) is 0. The molecule has 1 fully saturated rings. The van der Waals surface area contributed by atoms with Gasteiger partial charge < -0.3 is 10.1 Å². The van der Waals surface area contributed by atoms with Crippen molar-refractivity contribution in [3.05, 3.63) is 0 Å². The maximum absolute atomic E-state index is 11.1. The van der Waals surface area contributed by atoms with E-state index in [4.69, 9.17) is 4.74 Å². The minimum atomic E-state index is -2.85. The van der Waals surface area contributed by atoms with E-state index in [1.807, 2.05) is 0 Å². The lowest BCUT2D eigenvalue weighted by molar-refractivity contribution is 0.0314. The second-order valence-electron chi connectivity index (χ2n) is 4.21. The summed E-state index contributed by atoms with van der Waals surface area (Å²) < 4.78 is 27.5. The lowest BCUT2D eigenvalue weighted by Gasteiger charge is -2.32. The van der Waals surface area contributed by atoms with Gasteiger partial charge in [0, 0.05) is 18.9 Å². The van der Waals surface area contributed by atoms with Gasteiger partial charge in [-0.15, -0.1) is 0 Å². The Morgan fingerprint density at radius 1 is 1.47 bits per heavy atom. The highest BCUT2D eigenvalue weighted by atomic mass is 32.2. The van der Waals surface area contributed by atoms with Crippen LogP contribution >= 0.6 is 0 Å². The van der Waals surface area contributed by atoms with Gasteiger partial charge in [-0.25, -0.2) is 8.42 Å². The zero-order chi connectivity index (χ0) is 11.3. The fourth-order valence-corrected chi connectivity index (χ4v) is 2.71. The minimum Gasteiger partial charge on any atom is -0.381 e. The first-order chi connectivity index (χ1) is 7.03. The van der Waals surface area contributed by atoms with Crippen LogP contribution in [0.3, 0.4) is 0 Å². The number of hydrogen-bond donors (Lipinski definition) is 1. The molecule has 1 rings (SSSR count). The van der Waals surface area contributed by atoms with Crippen LogP contribution in [0, 0.1) is 5.92 Å². The molecule has 1 aliphatic rings. The van der Waals surface area contributed by atoms with Crippen LogP contribution in [-0.2, 0) is 14.6 Å². The molecule has 2 unspecified atom stereocenters. The summed E-state index contributed by atoms with van der Waals surface area (Å²) in [5.74, 6) is 0.608. The molecule has 90 valence electrons. The second-order valence-corrected chi connectivity index (χ2v) is 6.47. The van der Waals surface area contributed by atoms with Gasteiger partial charge in [0.2, 0.25) is 0 Å². The molecule has 0 aliphatic carbocycles. The molecule has 0 amide bonds. The molecular formula is C10H21NO3S. The summed E-state index contributed by atoms with van der Waals surface area (Å²) in [5, 5.41) is 3.40. The lowest BCUT2D eigenvalue weighted by Crippen LogP contribution is -2.43. The molecule has 0 radical (unpaired) electrons. The minimum absolute atomic E-state index is 0.267. The van der Waals surface area contributed by atoms with Gasteiger partial charge in [-0.1, -0.05) is 6.92 Å². The van der Waals surface area contributed by atoms with Crippen molar-refractivity contribution in [2.45, 2.75) is 25.8 Å². The Hall–Kier alpha value is -0.130. The van der Waals surface area contributed by atoms with Gasteiger partial charge >= 0.3 is 0 Å². The first-order valence-corrected chi connectivity index (χ1v) is 7.58. The number of hydrogen-bond acceptors (Lipinski definition) is 4. The van der Waals surface area contributed by atoms with E-state index in [2.05, 4.69) is 12.2 Å². The summed E-state index contributed by atoms with van der Waals surface area (Å²) in [6.45, 7) is 4.48. The number of rotatable bonds is 5. The van der Waals surface area contributed by atoms with E-state index in [9.17, 15) is 8.42 Å². The molecule has 15 heavy (non-hydrogen) atoms. The van der Waals surface area contributed by atoms with Crippen molar-refractivity contribution in [2.75, 3.05) is 31.8 Å². The van der Waals surface area contributed by atoms with Crippen molar-refractivity contribution in [3.63, 3.8) is 0 Å². The van der Waals surface area contributed by atoms with E-state index in [0.29, 0.717) is 25.0 Å². The Morgan fingerprint density at radius 2 is 2.20 bits per heavy atom. The Labute approximate surface area is 92.3 Å². The number of sulfone groups is 1. The Balaban J connectivity index is 2.42. The van der Waals surface area contributed by atoms with Gasteiger partial charge in [0.15, 0.2) is 0 Å². The molecule has 4 nitrogen and oxygen atoms in total. The standard InChI is InChI=1S/C10H21NO3S/c1-3-11-10-4-6-14-8-9(10)5-7-15(2,12)13/h9-11H,3-8H2,1-2H3. The Bertz CT molecular complexity index is 274. The molecule has 1 heterocycles. The van der Waals surface area contributed by atoms with Crippen molar-refractivity contribution in [3.8, 4) is 0 Å². The van der Waals surface area contributed by atoms with Gasteiger partial charge in [-0.3, -0.25) is 0 Å². The first-order valence-electron chi connectivity index (χ1n) is 5.52. The summed E-state index contributed by atoms with van der Waals surface area (Å²) >= 11 is 0. The van der Waals surface area contributed by atoms with E-state index in [1.165, 1.54) is 6.26 Å².